The van der Waals surface area contributed by atoms with Gasteiger partial charge in [-0.3, -0.25) is 14.3 Å². The average Bonchev–Trinajstić information content (AvgIpc) is 3.27. The van der Waals surface area contributed by atoms with Gasteiger partial charge < -0.3 is 9.80 Å². The van der Waals surface area contributed by atoms with E-state index in [2.05, 4.69) is 4.72 Å². The van der Waals surface area contributed by atoms with E-state index in [4.69, 9.17) is 11.6 Å². The van der Waals surface area contributed by atoms with Crippen molar-refractivity contribution in [1.82, 2.24) is 9.62 Å². The average molecular weight is 486 g/mol. The lowest BCUT2D eigenvalue weighted by molar-refractivity contribution is -0.114. The fraction of sp³-hybridized carbons (Fsp3) is 0.300. The first kappa shape index (κ1) is 23.2. The molecular formula is C20H21ClFN3O4S2. The molecule has 1 N–H and O–H groups in total. The summed E-state index contributed by atoms with van der Waals surface area (Å²) in [4.78, 5) is 27.9. The molecule has 0 saturated carbocycles. The topological polar surface area (TPSA) is 86.8 Å². The lowest BCUT2D eigenvalue weighted by atomic mass is 10.1. The summed E-state index contributed by atoms with van der Waals surface area (Å²) < 4.78 is 42.6. The van der Waals surface area contributed by atoms with E-state index in [1.165, 1.54) is 34.4 Å². The smallest absolute Gasteiger partial charge is 0.275 e. The molecule has 2 heterocycles. The third-order valence-corrected chi connectivity index (χ3v) is 7.59. The molecule has 2 amide bonds. The van der Waals surface area contributed by atoms with E-state index in [1.807, 2.05) is 0 Å². The number of benzene rings is 1. The number of amides is 2. The number of hydrogen-bond acceptors (Lipinski definition) is 5. The van der Waals surface area contributed by atoms with Gasteiger partial charge in [-0.15, -0.1) is 11.3 Å². The Morgan fingerprint density at radius 2 is 2.03 bits per heavy atom. The maximum Gasteiger partial charge on any atom is 0.275 e. The molecule has 0 fully saturated rings. The Morgan fingerprint density at radius 1 is 1.32 bits per heavy atom. The summed E-state index contributed by atoms with van der Waals surface area (Å²) in [6.45, 7) is 1.76. The minimum Gasteiger partial charge on any atom is -0.345 e. The molecule has 3 rings (SSSR count). The number of rotatable bonds is 7. The van der Waals surface area contributed by atoms with Gasteiger partial charge in [-0.05, 0) is 36.4 Å². The van der Waals surface area contributed by atoms with Crippen LogP contribution in [0, 0.1) is 5.82 Å². The second kappa shape index (κ2) is 8.97. The van der Waals surface area contributed by atoms with Crippen molar-refractivity contribution in [3.8, 4) is 0 Å². The molecule has 0 saturated heterocycles. The number of halogens is 2. The predicted molar refractivity (Wildman–Crippen MR) is 120 cm³/mol. The van der Waals surface area contributed by atoms with Crippen LogP contribution in [0.25, 0.3) is 0 Å². The van der Waals surface area contributed by atoms with Crippen molar-refractivity contribution in [2.75, 3.05) is 31.3 Å². The van der Waals surface area contributed by atoms with E-state index in [0.717, 1.165) is 15.8 Å². The van der Waals surface area contributed by atoms with Crippen LogP contribution in [-0.4, -0.2) is 51.5 Å². The summed E-state index contributed by atoms with van der Waals surface area (Å²) in [6.07, 6.45) is 1.39. The Bertz CT molecular complexity index is 1160. The molecule has 7 nitrogen and oxygen atoms in total. The van der Waals surface area contributed by atoms with Crippen LogP contribution in [0.15, 0.2) is 42.1 Å². The highest BCUT2D eigenvalue weighted by molar-refractivity contribution is 7.89. The van der Waals surface area contributed by atoms with Gasteiger partial charge in [0.25, 0.3) is 11.8 Å². The molecule has 31 heavy (non-hydrogen) atoms. The molecule has 0 spiro atoms. The van der Waals surface area contributed by atoms with Crippen molar-refractivity contribution in [3.63, 3.8) is 0 Å². The van der Waals surface area contributed by atoms with Crippen molar-refractivity contribution in [3.05, 3.63) is 62.7 Å². The van der Waals surface area contributed by atoms with Crippen LogP contribution in [0.4, 0.5) is 10.1 Å². The zero-order chi connectivity index (χ0) is 22.9. The molecule has 0 bridgehead atoms. The number of nitrogens with one attached hydrogen (secondary N) is 1. The van der Waals surface area contributed by atoms with E-state index >= 15 is 0 Å². The lowest BCUT2D eigenvalue weighted by Gasteiger charge is -2.19. The SMILES string of the molecule is CC(CS(=O)(=O)NC1=CCN(c2ccc(C(=O)N(C)C)cc2F)C1=O)c1ccc(Cl)s1. The number of carbonyl (C=O) groups is 2. The van der Waals surface area contributed by atoms with Crippen molar-refractivity contribution >= 4 is 50.5 Å². The summed E-state index contributed by atoms with van der Waals surface area (Å²) in [5, 5.41) is 0. The van der Waals surface area contributed by atoms with Gasteiger partial charge >= 0.3 is 0 Å². The minimum absolute atomic E-state index is 0.00463. The number of anilines is 1. The standard InChI is InChI=1S/C20H21ClFN3O4S2/c1-12(17-6-7-18(21)30-17)11-31(28,29)23-15-8-9-25(20(15)27)16-5-4-13(10-14(16)22)19(26)24(2)3/h4-8,10,12,23H,9,11H2,1-3H3. The Kier molecular flexibility index (Phi) is 6.73. The van der Waals surface area contributed by atoms with Crippen LogP contribution in [0.1, 0.15) is 28.1 Å². The molecule has 1 aliphatic rings. The molecule has 1 aliphatic heterocycles. The molecule has 166 valence electrons. The molecule has 1 aromatic carbocycles. The summed E-state index contributed by atoms with van der Waals surface area (Å²) in [5.74, 6) is -2.33. The first-order valence-corrected chi connectivity index (χ1v) is 12.1. The number of carbonyl (C=O) groups excluding carboxylic acids is 2. The minimum atomic E-state index is -3.83. The largest absolute Gasteiger partial charge is 0.345 e. The predicted octanol–water partition coefficient (Wildman–Crippen LogP) is 3.20. The number of nitrogens with zero attached hydrogens (tertiary/aromatic N) is 2. The molecule has 1 unspecified atom stereocenters. The zero-order valence-electron chi connectivity index (χ0n) is 17.1. The van der Waals surface area contributed by atoms with Crippen LogP contribution >= 0.6 is 22.9 Å². The monoisotopic (exact) mass is 485 g/mol. The van der Waals surface area contributed by atoms with Crippen LogP contribution in [0.3, 0.4) is 0 Å². The highest BCUT2D eigenvalue weighted by Gasteiger charge is 2.31. The van der Waals surface area contributed by atoms with E-state index in [-0.39, 0.29) is 41.1 Å². The van der Waals surface area contributed by atoms with Crippen LogP contribution < -0.4 is 9.62 Å². The van der Waals surface area contributed by atoms with Crippen molar-refractivity contribution in [1.29, 1.82) is 0 Å². The maximum absolute atomic E-state index is 14.6. The van der Waals surface area contributed by atoms with Gasteiger partial charge in [-0.1, -0.05) is 18.5 Å². The van der Waals surface area contributed by atoms with E-state index < -0.39 is 21.7 Å². The van der Waals surface area contributed by atoms with Gasteiger partial charge in [0.15, 0.2) is 0 Å². The Hall–Kier alpha value is -2.43. The Labute approximate surface area is 189 Å². The van der Waals surface area contributed by atoms with Crippen molar-refractivity contribution in [2.24, 2.45) is 0 Å². The number of sulfonamides is 1. The maximum atomic E-state index is 14.6. The van der Waals surface area contributed by atoms with E-state index in [1.54, 1.807) is 33.2 Å². The van der Waals surface area contributed by atoms with Gasteiger partial charge in [0.1, 0.15) is 11.5 Å². The fourth-order valence-electron chi connectivity index (χ4n) is 3.12. The normalized spacial score (nSPS) is 15.1. The molecule has 2 aromatic rings. The second-order valence-corrected chi connectivity index (χ2v) is 10.8. The zero-order valence-corrected chi connectivity index (χ0v) is 19.4. The second-order valence-electron chi connectivity index (χ2n) is 7.33. The Morgan fingerprint density at radius 3 is 2.61 bits per heavy atom. The van der Waals surface area contributed by atoms with E-state index in [9.17, 15) is 22.4 Å². The van der Waals surface area contributed by atoms with Gasteiger partial charge in [0.05, 0.1) is 15.8 Å². The number of hydrogen-bond donors (Lipinski definition) is 1. The molecular weight excluding hydrogens is 465 g/mol. The Balaban J connectivity index is 1.70. The molecule has 0 radical (unpaired) electrons. The third-order valence-electron chi connectivity index (χ3n) is 4.66. The summed E-state index contributed by atoms with van der Waals surface area (Å²) in [5.41, 5.74) is -0.0222. The first-order valence-electron chi connectivity index (χ1n) is 9.27. The highest BCUT2D eigenvalue weighted by Crippen LogP contribution is 2.29. The molecule has 11 heteroatoms. The lowest BCUT2D eigenvalue weighted by Crippen LogP contribution is -2.35. The van der Waals surface area contributed by atoms with Gasteiger partial charge in [0, 0.05) is 37.0 Å². The van der Waals surface area contributed by atoms with Crippen LogP contribution in [0.2, 0.25) is 4.34 Å². The summed E-state index contributed by atoms with van der Waals surface area (Å²) >= 11 is 7.20. The fourth-order valence-corrected chi connectivity index (χ4v) is 5.77. The van der Waals surface area contributed by atoms with Gasteiger partial charge in [-0.2, -0.15) is 0 Å². The summed E-state index contributed by atoms with van der Waals surface area (Å²) in [7, 11) is -0.725. The van der Waals surface area contributed by atoms with Crippen molar-refractivity contribution < 1.29 is 22.4 Å². The van der Waals surface area contributed by atoms with E-state index in [0.29, 0.717) is 4.34 Å². The molecule has 0 aliphatic carbocycles. The third kappa shape index (κ3) is 5.25. The molecule has 1 atom stereocenters. The quantitative estimate of drug-likeness (QED) is 0.652. The van der Waals surface area contributed by atoms with Gasteiger partial charge in [-0.25, -0.2) is 12.8 Å². The highest BCUT2D eigenvalue weighted by atomic mass is 35.5. The first-order chi connectivity index (χ1) is 14.5. The van der Waals surface area contributed by atoms with Crippen LogP contribution in [0.5, 0.6) is 0 Å². The van der Waals surface area contributed by atoms with Crippen LogP contribution in [-0.2, 0) is 14.8 Å². The number of thiophene rings is 1. The van der Waals surface area contributed by atoms with Crippen molar-refractivity contribution in [2.45, 2.75) is 12.8 Å². The van der Waals surface area contributed by atoms with Gasteiger partial charge in [0.2, 0.25) is 10.0 Å². The molecule has 1 aromatic heterocycles. The summed E-state index contributed by atoms with van der Waals surface area (Å²) in [6, 6.07) is 7.27.